The Balaban J connectivity index is 2.16. The van der Waals surface area contributed by atoms with Crippen LogP contribution in [0.5, 0.6) is 5.75 Å². The number of amides is 1. The van der Waals surface area contributed by atoms with Gasteiger partial charge in [-0.05, 0) is 25.0 Å². The zero-order valence-electron chi connectivity index (χ0n) is 13.7. The molecule has 9 heteroatoms. The molecule has 0 spiro atoms. The van der Waals surface area contributed by atoms with Crippen molar-refractivity contribution >= 4 is 18.0 Å². The molecule has 1 aromatic rings. The predicted molar refractivity (Wildman–Crippen MR) is 85.3 cm³/mol. The number of ether oxygens (including phenoxy) is 2. The Kier molecular flexibility index (Phi) is 6.62. The van der Waals surface area contributed by atoms with Crippen LogP contribution in [0, 0.1) is 0 Å². The van der Waals surface area contributed by atoms with Crippen LogP contribution in [0.4, 0.5) is 13.2 Å². The van der Waals surface area contributed by atoms with Gasteiger partial charge >= 0.3 is 12.3 Å². The van der Waals surface area contributed by atoms with E-state index in [0.717, 1.165) is 12.1 Å². The van der Waals surface area contributed by atoms with Crippen molar-refractivity contribution < 1.29 is 37.3 Å². The van der Waals surface area contributed by atoms with Gasteiger partial charge in [-0.25, -0.2) is 0 Å². The Hall–Kier alpha value is -2.55. The maximum atomic E-state index is 12.4. The lowest BCUT2D eigenvalue weighted by Gasteiger charge is -2.32. The molecule has 1 fully saturated rings. The average molecular weight is 373 g/mol. The number of benzene rings is 1. The van der Waals surface area contributed by atoms with Crippen LogP contribution in [0.3, 0.4) is 0 Å². The fraction of sp³-hybridized carbons (Fsp3) is 0.412. The quantitative estimate of drug-likeness (QED) is 0.776. The van der Waals surface area contributed by atoms with Crippen molar-refractivity contribution in [1.29, 1.82) is 0 Å². The van der Waals surface area contributed by atoms with E-state index in [1.165, 1.54) is 29.2 Å². The number of carbonyl (C=O) groups excluding carboxylic acids is 1. The Morgan fingerprint density at radius 2 is 1.92 bits per heavy atom. The van der Waals surface area contributed by atoms with Gasteiger partial charge in [0.1, 0.15) is 12.3 Å². The van der Waals surface area contributed by atoms with Crippen molar-refractivity contribution in [1.82, 2.24) is 4.90 Å². The fourth-order valence-electron chi connectivity index (χ4n) is 2.62. The van der Waals surface area contributed by atoms with Gasteiger partial charge in [-0.1, -0.05) is 18.2 Å². The lowest BCUT2D eigenvalue weighted by Crippen LogP contribution is -2.45. The SMILES string of the molecule is O=C(O)CN(C(=O)C=Cc1ccccc1OC(F)(F)F)C1CCOCC1. The summed E-state index contributed by atoms with van der Waals surface area (Å²) in [4.78, 5) is 24.7. The number of aliphatic carboxylic acids is 1. The number of carbonyl (C=O) groups is 2. The van der Waals surface area contributed by atoms with Crippen molar-refractivity contribution in [2.75, 3.05) is 19.8 Å². The van der Waals surface area contributed by atoms with Crippen molar-refractivity contribution in [3.8, 4) is 5.75 Å². The van der Waals surface area contributed by atoms with E-state index in [-0.39, 0.29) is 11.6 Å². The molecular formula is C17H18F3NO5. The number of rotatable bonds is 6. The Morgan fingerprint density at radius 1 is 1.27 bits per heavy atom. The number of nitrogens with zero attached hydrogens (tertiary/aromatic N) is 1. The number of halogens is 3. The van der Waals surface area contributed by atoms with E-state index in [0.29, 0.717) is 26.1 Å². The van der Waals surface area contributed by atoms with E-state index >= 15 is 0 Å². The van der Waals surface area contributed by atoms with Crippen LogP contribution in [-0.4, -0.2) is 54.0 Å². The third kappa shape index (κ3) is 6.07. The van der Waals surface area contributed by atoms with Gasteiger partial charge in [-0.3, -0.25) is 9.59 Å². The molecule has 0 atom stereocenters. The number of para-hydroxylation sites is 1. The molecule has 1 N–H and O–H groups in total. The topological polar surface area (TPSA) is 76.1 Å². The van der Waals surface area contributed by atoms with E-state index < -0.39 is 30.5 Å². The highest BCUT2D eigenvalue weighted by atomic mass is 19.4. The van der Waals surface area contributed by atoms with Gasteiger partial charge in [-0.15, -0.1) is 13.2 Å². The second-order valence-corrected chi connectivity index (χ2v) is 5.62. The molecule has 0 aliphatic carbocycles. The molecule has 0 unspecified atom stereocenters. The van der Waals surface area contributed by atoms with Crippen LogP contribution in [-0.2, 0) is 14.3 Å². The Morgan fingerprint density at radius 3 is 2.54 bits per heavy atom. The first-order valence-corrected chi connectivity index (χ1v) is 7.89. The van der Waals surface area contributed by atoms with Gasteiger partial charge < -0.3 is 19.5 Å². The molecule has 1 aromatic carbocycles. The number of alkyl halides is 3. The summed E-state index contributed by atoms with van der Waals surface area (Å²) in [5.74, 6) is -2.21. The first-order valence-electron chi connectivity index (χ1n) is 7.89. The lowest BCUT2D eigenvalue weighted by molar-refractivity contribution is -0.274. The molecule has 1 aliphatic heterocycles. The van der Waals surface area contributed by atoms with Gasteiger partial charge in [0.05, 0.1) is 0 Å². The summed E-state index contributed by atoms with van der Waals surface area (Å²) in [6, 6.07) is 5.07. The molecule has 2 rings (SSSR count). The largest absolute Gasteiger partial charge is 0.573 e. The molecule has 1 saturated heterocycles. The van der Waals surface area contributed by atoms with Gasteiger partial charge in [0.15, 0.2) is 0 Å². The van der Waals surface area contributed by atoms with Crippen molar-refractivity contribution in [3.05, 3.63) is 35.9 Å². The van der Waals surface area contributed by atoms with E-state index in [9.17, 15) is 22.8 Å². The molecular weight excluding hydrogens is 355 g/mol. The van der Waals surface area contributed by atoms with Gasteiger partial charge in [0, 0.05) is 30.9 Å². The molecule has 26 heavy (non-hydrogen) atoms. The third-order valence-corrected chi connectivity index (χ3v) is 3.77. The Labute approximate surface area is 147 Å². The first-order chi connectivity index (χ1) is 12.3. The maximum Gasteiger partial charge on any atom is 0.573 e. The summed E-state index contributed by atoms with van der Waals surface area (Å²) in [7, 11) is 0. The van der Waals surface area contributed by atoms with Crippen LogP contribution in [0.1, 0.15) is 18.4 Å². The second-order valence-electron chi connectivity index (χ2n) is 5.62. The van der Waals surface area contributed by atoms with Crippen molar-refractivity contribution in [2.24, 2.45) is 0 Å². The lowest BCUT2D eigenvalue weighted by atomic mass is 10.1. The smallest absolute Gasteiger partial charge is 0.480 e. The number of hydrogen-bond donors (Lipinski definition) is 1. The van der Waals surface area contributed by atoms with Crippen LogP contribution < -0.4 is 4.74 Å². The van der Waals surface area contributed by atoms with Gasteiger partial charge in [0.2, 0.25) is 5.91 Å². The van der Waals surface area contributed by atoms with Gasteiger partial charge in [-0.2, -0.15) is 0 Å². The van der Waals surface area contributed by atoms with Crippen molar-refractivity contribution in [2.45, 2.75) is 25.2 Å². The molecule has 1 aliphatic rings. The zero-order valence-corrected chi connectivity index (χ0v) is 13.7. The summed E-state index contributed by atoms with van der Waals surface area (Å²) >= 11 is 0. The van der Waals surface area contributed by atoms with Crippen LogP contribution >= 0.6 is 0 Å². The van der Waals surface area contributed by atoms with E-state index in [1.807, 2.05) is 0 Å². The number of hydrogen-bond acceptors (Lipinski definition) is 4. The maximum absolute atomic E-state index is 12.4. The number of carboxylic acids is 1. The Bertz CT molecular complexity index is 669. The minimum Gasteiger partial charge on any atom is -0.480 e. The van der Waals surface area contributed by atoms with Crippen LogP contribution in [0.25, 0.3) is 6.08 Å². The summed E-state index contributed by atoms with van der Waals surface area (Å²) in [5.41, 5.74) is 0.0560. The summed E-state index contributed by atoms with van der Waals surface area (Å²) in [5, 5.41) is 9.03. The summed E-state index contributed by atoms with van der Waals surface area (Å²) < 4.78 is 46.4. The third-order valence-electron chi connectivity index (χ3n) is 3.77. The van der Waals surface area contributed by atoms with E-state index in [1.54, 1.807) is 0 Å². The number of carboxylic acid groups (broad SMARTS) is 1. The predicted octanol–water partition coefficient (Wildman–Crippen LogP) is 2.69. The normalized spacial score (nSPS) is 15.8. The summed E-state index contributed by atoms with van der Waals surface area (Å²) in [6.07, 6.45) is -1.62. The monoisotopic (exact) mass is 373 g/mol. The van der Waals surface area contributed by atoms with E-state index in [2.05, 4.69) is 4.74 Å². The van der Waals surface area contributed by atoms with Gasteiger partial charge in [0.25, 0.3) is 0 Å². The molecule has 6 nitrogen and oxygen atoms in total. The molecule has 1 amide bonds. The first kappa shape index (κ1) is 19.8. The van der Waals surface area contributed by atoms with Crippen molar-refractivity contribution in [3.63, 3.8) is 0 Å². The molecule has 0 aromatic heterocycles. The highest BCUT2D eigenvalue weighted by Crippen LogP contribution is 2.27. The fourth-order valence-corrected chi connectivity index (χ4v) is 2.62. The van der Waals surface area contributed by atoms with Crippen LogP contribution in [0.15, 0.2) is 30.3 Å². The molecule has 1 heterocycles. The highest BCUT2D eigenvalue weighted by molar-refractivity contribution is 5.94. The molecule has 0 radical (unpaired) electrons. The molecule has 0 saturated carbocycles. The second kappa shape index (κ2) is 8.70. The average Bonchev–Trinajstić information content (AvgIpc) is 2.58. The van der Waals surface area contributed by atoms with Crippen LogP contribution in [0.2, 0.25) is 0 Å². The standard InChI is InChI=1S/C17H18F3NO5/c18-17(19,20)26-14-4-2-1-3-12(14)5-6-15(22)21(11-16(23)24)13-7-9-25-10-8-13/h1-6,13H,7-11H2,(H,23,24). The molecule has 0 bridgehead atoms. The molecule has 142 valence electrons. The summed E-state index contributed by atoms with van der Waals surface area (Å²) in [6.45, 7) is 0.342. The minimum atomic E-state index is -4.86. The van der Waals surface area contributed by atoms with E-state index in [4.69, 9.17) is 9.84 Å². The zero-order chi connectivity index (χ0) is 19.2. The minimum absolute atomic E-state index is 0.0560. The highest BCUT2D eigenvalue weighted by Gasteiger charge is 2.32.